The van der Waals surface area contributed by atoms with E-state index in [1.807, 2.05) is 19.1 Å². The average Bonchev–Trinajstić information content (AvgIpc) is 3.17. The molecule has 5 nitrogen and oxygen atoms in total. The van der Waals surface area contributed by atoms with E-state index in [1.54, 1.807) is 6.92 Å². The van der Waals surface area contributed by atoms with Gasteiger partial charge in [-0.05, 0) is 48.8 Å². The van der Waals surface area contributed by atoms with E-state index in [1.165, 1.54) is 10.6 Å². The summed E-state index contributed by atoms with van der Waals surface area (Å²) in [4.78, 5) is 15.5. The third-order valence-electron chi connectivity index (χ3n) is 4.60. The zero-order valence-corrected chi connectivity index (χ0v) is 16.3. The lowest BCUT2D eigenvalue weighted by Gasteiger charge is -2.16. The number of aryl methyl sites for hydroxylation is 1. The largest absolute Gasteiger partial charge is 0.493 e. The molecule has 158 valence electrons. The molecule has 0 aliphatic carbocycles. The van der Waals surface area contributed by atoms with E-state index in [0.717, 1.165) is 35.6 Å². The number of halogens is 4. The van der Waals surface area contributed by atoms with Gasteiger partial charge in [0.05, 0.1) is 13.2 Å². The van der Waals surface area contributed by atoms with Crippen LogP contribution in [-0.2, 0) is 13.0 Å². The molecule has 30 heavy (non-hydrogen) atoms. The molecule has 0 saturated carbocycles. The maximum Gasteiger partial charge on any atom is 0.310 e. The lowest BCUT2D eigenvalue weighted by Crippen LogP contribution is -2.20. The number of aromatic nitrogens is 2. The number of nitrogens with one attached hydrogen (secondary N) is 1. The van der Waals surface area contributed by atoms with Crippen molar-refractivity contribution >= 4 is 11.6 Å². The maximum absolute atomic E-state index is 13.9. The lowest BCUT2D eigenvalue weighted by atomic mass is 10.1. The lowest BCUT2D eigenvalue weighted by molar-refractivity contribution is 0.356. The van der Waals surface area contributed by atoms with Crippen LogP contribution in [-0.4, -0.2) is 16.2 Å². The Kier molecular flexibility index (Phi) is 6.39. The number of allylic oxidation sites excluding steroid dienone is 5. The van der Waals surface area contributed by atoms with Crippen molar-refractivity contribution in [2.45, 2.75) is 26.8 Å². The molecule has 0 fully saturated rings. The Balaban J connectivity index is 1.97. The third-order valence-corrected chi connectivity index (χ3v) is 4.60. The number of benzene rings is 1. The van der Waals surface area contributed by atoms with Crippen LogP contribution in [0.25, 0.3) is 0 Å². The van der Waals surface area contributed by atoms with Gasteiger partial charge in [-0.1, -0.05) is 6.08 Å². The van der Waals surface area contributed by atoms with Crippen LogP contribution in [0, 0.1) is 12.7 Å². The molecule has 1 aromatic heterocycles. The van der Waals surface area contributed by atoms with Crippen LogP contribution >= 0.6 is 0 Å². The monoisotopic (exact) mass is 421 g/mol. The number of hydrogen-bond acceptors (Lipinski definition) is 4. The molecule has 1 aliphatic rings. The van der Waals surface area contributed by atoms with Crippen LogP contribution in [0.4, 0.5) is 29.2 Å². The zero-order chi connectivity index (χ0) is 21.8. The summed E-state index contributed by atoms with van der Waals surface area (Å²) in [6, 6.07) is 3.70. The fourth-order valence-electron chi connectivity index (χ4n) is 2.97. The van der Waals surface area contributed by atoms with Crippen molar-refractivity contribution in [2.75, 3.05) is 11.9 Å². The van der Waals surface area contributed by atoms with Gasteiger partial charge in [0.15, 0.2) is 11.7 Å². The molecular weight excluding hydrogens is 402 g/mol. The summed E-state index contributed by atoms with van der Waals surface area (Å²) in [5.41, 5.74) is 1.57. The van der Waals surface area contributed by atoms with E-state index in [2.05, 4.69) is 10.3 Å². The van der Waals surface area contributed by atoms with E-state index >= 15 is 0 Å². The molecular formula is C21H19F4N3O2. The molecule has 1 aromatic carbocycles. The molecule has 2 heterocycles. The topological polar surface area (TPSA) is 56.2 Å². The third kappa shape index (κ3) is 4.61. The van der Waals surface area contributed by atoms with Crippen molar-refractivity contribution < 1.29 is 22.3 Å². The molecule has 0 atom stereocenters. The van der Waals surface area contributed by atoms with Gasteiger partial charge in [-0.15, -0.1) is 0 Å². The van der Waals surface area contributed by atoms with Gasteiger partial charge >= 0.3 is 5.56 Å². The number of hydrogen-bond donors (Lipinski definition) is 1. The van der Waals surface area contributed by atoms with Gasteiger partial charge in [-0.3, -0.25) is 4.79 Å². The van der Waals surface area contributed by atoms with E-state index in [0.29, 0.717) is 12.3 Å². The maximum atomic E-state index is 13.9. The Hall–Kier alpha value is -3.36. The highest BCUT2D eigenvalue weighted by Gasteiger charge is 2.16. The summed E-state index contributed by atoms with van der Waals surface area (Å²) in [5, 5.41) is 3.00. The van der Waals surface area contributed by atoms with Gasteiger partial charge in [0, 0.05) is 18.3 Å². The van der Waals surface area contributed by atoms with Crippen LogP contribution in [0.1, 0.15) is 18.1 Å². The molecule has 0 spiro atoms. The van der Waals surface area contributed by atoms with Crippen molar-refractivity contribution in [3.63, 3.8) is 0 Å². The highest BCUT2D eigenvalue weighted by molar-refractivity contribution is 5.63. The van der Waals surface area contributed by atoms with E-state index in [-0.39, 0.29) is 18.1 Å². The number of nitrogens with zero attached hydrogens (tertiary/aromatic N) is 2. The van der Waals surface area contributed by atoms with Gasteiger partial charge in [-0.25, -0.2) is 13.2 Å². The van der Waals surface area contributed by atoms with Crippen molar-refractivity contribution in [3.8, 4) is 5.75 Å². The molecule has 0 saturated heterocycles. The standard InChI is InChI=1S/C21H19F4N3O2/c1-3-13(7-15(23)16(24)9-22)10-28-11-17(25)20(29)27-21(28)26-18-8-14-4-5-30-19(14)6-12(18)2/h3,6-9,11H,4-5,10H2,1-2H3,(H,26,27,29)/b13-3+,15-7+,16-9-. The van der Waals surface area contributed by atoms with E-state index in [4.69, 9.17) is 4.74 Å². The average molecular weight is 421 g/mol. The Morgan fingerprint density at radius 1 is 1.33 bits per heavy atom. The smallest absolute Gasteiger partial charge is 0.310 e. The number of anilines is 2. The van der Waals surface area contributed by atoms with Crippen molar-refractivity contribution in [2.24, 2.45) is 0 Å². The second kappa shape index (κ2) is 8.98. The molecule has 0 amide bonds. The Labute approximate surface area is 170 Å². The molecule has 0 bridgehead atoms. The zero-order valence-electron chi connectivity index (χ0n) is 16.3. The van der Waals surface area contributed by atoms with Gasteiger partial charge in [0.2, 0.25) is 11.8 Å². The summed E-state index contributed by atoms with van der Waals surface area (Å²) in [7, 11) is 0. The molecule has 0 unspecified atom stereocenters. The first-order chi connectivity index (χ1) is 14.3. The highest BCUT2D eigenvalue weighted by Crippen LogP contribution is 2.32. The predicted molar refractivity (Wildman–Crippen MR) is 105 cm³/mol. The minimum absolute atomic E-state index is 0.0121. The quantitative estimate of drug-likeness (QED) is 0.530. The summed E-state index contributed by atoms with van der Waals surface area (Å²) in [6.45, 7) is 3.81. The molecule has 9 heteroatoms. The fourth-order valence-corrected chi connectivity index (χ4v) is 2.97. The molecule has 3 rings (SSSR count). The first-order valence-corrected chi connectivity index (χ1v) is 9.11. The minimum Gasteiger partial charge on any atom is -0.493 e. The SMILES string of the molecule is C\C=C(/C=C(F)\C(F)=C\F)Cn1cc(F)c(=O)nc1Nc1cc2c(cc1C)OCC2. The van der Waals surface area contributed by atoms with E-state index in [9.17, 15) is 22.4 Å². The van der Waals surface area contributed by atoms with Crippen molar-refractivity contribution in [3.05, 3.63) is 81.3 Å². The normalized spacial score (nSPS) is 14.5. The number of ether oxygens (including phenoxy) is 1. The second-order valence-corrected chi connectivity index (χ2v) is 6.66. The van der Waals surface area contributed by atoms with Crippen molar-refractivity contribution in [1.82, 2.24) is 9.55 Å². The van der Waals surface area contributed by atoms with E-state index < -0.39 is 29.4 Å². The second-order valence-electron chi connectivity index (χ2n) is 6.66. The van der Waals surface area contributed by atoms with Gasteiger partial charge in [-0.2, -0.15) is 9.37 Å². The van der Waals surface area contributed by atoms with Crippen LogP contribution < -0.4 is 15.6 Å². The first kappa shape index (κ1) is 21.4. The van der Waals surface area contributed by atoms with Gasteiger partial charge < -0.3 is 14.6 Å². The Morgan fingerprint density at radius 3 is 2.80 bits per heavy atom. The first-order valence-electron chi connectivity index (χ1n) is 9.11. The minimum atomic E-state index is -1.66. The highest BCUT2D eigenvalue weighted by atomic mass is 19.2. The van der Waals surface area contributed by atoms with Crippen LogP contribution in [0.15, 0.2) is 58.8 Å². The number of fused-ring (bicyclic) bond motifs is 1. The summed E-state index contributed by atoms with van der Waals surface area (Å²) in [6.07, 6.45) is 3.38. The Bertz CT molecular complexity index is 1120. The molecule has 1 N–H and O–H groups in total. The Morgan fingerprint density at radius 2 is 2.10 bits per heavy atom. The molecule has 2 aromatic rings. The van der Waals surface area contributed by atoms with Crippen molar-refractivity contribution in [1.29, 1.82) is 0 Å². The molecule has 0 radical (unpaired) electrons. The number of rotatable bonds is 6. The fraction of sp³-hybridized carbons (Fsp3) is 0.238. The summed E-state index contributed by atoms with van der Waals surface area (Å²) >= 11 is 0. The van der Waals surface area contributed by atoms with Crippen LogP contribution in [0.3, 0.4) is 0 Å². The summed E-state index contributed by atoms with van der Waals surface area (Å²) < 4.78 is 59.6. The van der Waals surface area contributed by atoms with Crippen LogP contribution in [0.2, 0.25) is 0 Å². The predicted octanol–water partition coefficient (Wildman–Crippen LogP) is 4.95. The summed E-state index contributed by atoms with van der Waals surface area (Å²) in [5.74, 6) is -3.38. The van der Waals surface area contributed by atoms with Crippen LogP contribution in [0.5, 0.6) is 5.75 Å². The van der Waals surface area contributed by atoms with Gasteiger partial charge in [0.25, 0.3) is 0 Å². The van der Waals surface area contributed by atoms with Gasteiger partial charge in [0.1, 0.15) is 12.1 Å². The molecule has 1 aliphatic heterocycles.